The smallest absolute Gasteiger partial charge is 0.319 e. The van der Waals surface area contributed by atoms with E-state index in [0.29, 0.717) is 19.4 Å². The summed E-state index contributed by atoms with van der Waals surface area (Å²) in [7, 11) is 1.35. The lowest BCUT2D eigenvalue weighted by atomic mass is 10.2. The van der Waals surface area contributed by atoms with Crippen LogP contribution in [-0.2, 0) is 9.53 Å². The lowest BCUT2D eigenvalue weighted by molar-refractivity contribution is -0.140. The van der Waals surface area contributed by atoms with E-state index < -0.39 is 11.8 Å². The highest BCUT2D eigenvalue weighted by Crippen LogP contribution is 2.15. The number of hydrogen-bond acceptors (Lipinski definition) is 4. The Kier molecular flexibility index (Phi) is 7.40. The first-order valence-corrected chi connectivity index (χ1v) is 6.88. The number of amides is 2. The van der Waals surface area contributed by atoms with Crippen molar-refractivity contribution in [3.8, 4) is 6.07 Å². The number of benzene rings is 1. The SMILES string of the molecule is COC(=O)CCCCCNC(=O)Nc1ccc(F)cc1C#N. The number of halogens is 1. The fraction of sp³-hybridized carbons (Fsp3) is 0.400. The lowest BCUT2D eigenvalue weighted by Gasteiger charge is -2.08. The van der Waals surface area contributed by atoms with Crippen LogP contribution in [0.2, 0.25) is 0 Å². The number of carbonyl (C=O) groups is 2. The molecule has 0 heterocycles. The maximum Gasteiger partial charge on any atom is 0.319 e. The number of nitrogens with one attached hydrogen (secondary N) is 2. The molecule has 0 saturated carbocycles. The number of carbonyl (C=O) groups excluding carboxylic acids is 2. The molecule has 6 nitrogen and oxygen atoms in total. The Bertz CT molecular complexity index is 570. The summed E-state index contributed by atoms with van der Waals surface area (Å²) in [5, 5.41) is 14.0. The van der Waals surface area contributed by atoms with Crippen LogP contribution in [-0.4, -0.2) is 25.7 Å². The second-order valence-electron chi connectivity index (χ2n) is 4.57. The predicted molar refractivity (Wildman–Crippen MR) is 78.6 cm³/mol. The zero-order valence-corrected chi connectivity index (χ0v) is 12.3. The minimum atomic E-state index is -0.534. The number of ether oxygens (including phenoxy) is 1. The molecule has 1 aromatic rings. The van der Waals surface area contributed by atoms with Crippen LogP contribution in [0.4, 0.5) is 14.9 Å². The molecular weight excluding hydrogens is 289 g/mol. The maximum absolute atomic E-state index is 13.0. The molecule has 118 valence electrons. The molecule has 2 amide bonds. The summed E-state index contributed by atoms with van der Waals surface area (Å²) in [6, 6.07) is 4.92. The Morgan fingerprint density at radius 3 is 2.77 bits per heavy atom. The van der Waals surface area contributed by atoms with Gasteiger partial charge in [-0.05, 0) is 31.0 Å². The third kappa shape index (κ3) is 6.22. The van der Waals surface area contributed by atoms with Gasteiger partial charge in [-0.25, -0.2) is 9.18 Å². The second-order valence-corrected chi connectivity index (χ2v) is 4.57. The maximum atomic E-state index is 13.0. The van der Waals surface area contributed by atoms with Crippen LogP contribution in [0.25, 0.3) is 0 Å². The van der Waals surface area contributed by atoms with E-state index >= 15 is 0 Å². The molecule has 1 aromatic carbocycles. The summed E-state index contributed by atoms with van der Waals surface area (Å²) < 4.78 is 17.5. The van der Waals surface area contributed by atoms with Crippen molar-refractivity contribution >= 4 is 17.7 Å². The molecule has 0 aliphatic rings. The first-order chi connectivity index (χ1) is 10.6. The van der Waals surface area contributed by atoms with Crippen molar-refractivity contribution in [3.05, 3.63) is 29.6 Å². The summed E-state index contributed by atoms with van der Waals surface area (Å²) in [4.78, 5) is 22.5. The van der Waals surface area contributed by atoms with E-state index in [4.69, 9.17) is 5.26 Å². The summed E-state index contributed by atoms with van der Waals surface area (Å²) in [5.41, 5.74) is 0.320. The molecule has 7 heteroatoms. The van der Waals surface area contributed by atoms with Gasteiger partial charge in [0.25, 0.3) is 0 Å². The van der Waals surface area contributed by atoms with E-state index in [1.165, 1.54) is 19.2 Å². The van der Waals surface area contributed by atoms with Crippen molar-refractivity contribution in [1.82, 2.24) is 5.32 Å². The van der Waals surface area contributed by atoms with Gasteiger partial charge in [-0.15, -0.1) is 0 Å². The Balaban J connectivity index is 2.27. The van der Waals surface area contributed by atoms with E-state index in [2.05, 4.69) is 15.4 Å². The minimum absolute atomic E-state index is 0.0632. The van der Waals surface area contributed by atoms with Gasteiger partial charge >= 0.3 is 12.0 Å². The molecule has 22 heavy (non-hydrogen) atoms. The Morgan fingerprint density at radius 1 is 1.32 bits per heavy atom. The van der Waals surface area contributed by atoms with Gasteiger partial charge < -0.3 is 15.4 Å². The van der Waals surface area contributed by atoms with Gasteiger partial charge in [-0.3, -0.25) is 4.79 Å². The van der Waals surface area contributed by atoms with E-state index in [1.807, 2.05) is 6.07 Å². The van der Waals surface area contributed by atoms with Crippen molar-refractivity contribution in [2.45, 2.75) is 25.7 Å². The third-order valence-corrected chi connectivity index (χ3v) is 2.92. The van der Waals surface area contributed by atoms with Crippen molar-refractivity contribution in [1.29, 1.82) is 5.26 Å². The zero-order valence-electron chi connectivity index (χ0n) is 12.3. The first-order valence-electron chi connectivity index (χ1n) is 6.88. The fourth-order valence-corrected chi connectivity index (χ4v) is 1.76. The van der Waals surface area contributed by atoms with Crippen molar-refractivity contribution in [2.24, 2.45) is 0 Å². The molecule has 0 aliphatic heterocycles. The molecular formula is C15H18FN3O3. The lowest BCUT2D eigenvalue weighted by Crippen LogP contribution is -2.29. The standard InChI is InChI=1S/C15H18FN3O3/c1-22-14(20)5-3-2-4-8-18-15(21)19-13-7-6-12(16)9-11(13)10-17/h6-7,9H,2-5,8H2,1H3,(H2,18,19,21). The van der Waals surface area contributed by atoms with Crippen LogP contribution >= 0.6 is 0 Å². The zero-order chi connectivity index (χ0) is 16.4. The van der Waals surface area contributed by atoms with Crippen LogP contribution < -0.4 is 10.6 Å². The van der Waals surface area contributed by atoms with E-state index in [1.54, 1.807) is 0 Å². The number of nitriles is 1. The molecule has 2 N–H and O–H groups in total. The monoisotopic (exact) mass is 307 g/mol. The number of hydrogen-bond donors (Lipinski definition) is 2. The van der Waals surface area contributed by atoms with Crippen molar-refractivity contribution in [3.63, 3.8) is 0 Å². The van der Waals surface area contributed by atoms with Gasteiger partial charge in [0, 0.05) is 13.0 Å². The number of esters is 1. The Labute approximate surface area is 128 Å². The van der Waals surface area contributed by atoms with Crippen LogP contribution in [0.1, 0.15) is 31.2 Å². The van der Waals surface area contributed by atoms with Crippen LogP contribution in [0.3, 0.4) is 0 Å². The highest BCUT2D eigenvalue weighted by Gasteiger charge is 2.07. The number of urea groups is 1. The largest absolute Gasteiger partial charge is 0.469 e. The van der Waals surface area contributed by atoms with Crippen molar-refractivity contribution < 1.29 is 18.7 Å². The quantitative estimate of drug-likeness (QED) is 0.598. The highest BCUT2D eigenvalue weighted by atomic mass is 19.1. The van der Waals surface area contributed by atoms with E-state index in [-0.39, 0.29) is 17.2 Å². The molecule has 0 bridgehead atoms. The van der Waals surface area contributed by atoms with Gasteiger partial charge in [-0.2, -0.15) is 5.26 Å². The number of anilines is 1. The normalized spacial score (nSPS) is 9.68. The summed E-state index contributed by atoms with van der Waals surface area (Å²) in [6.45, 7) is 0.441. The molecule has 0 spiro atoms. The average Bonchev–Trinajstić information content (AvgIpc) is 2.52. The molecule has 0 unspecified atom stereocenters. The van der Waals surface area contributed by atoms with Crippen LogP contribution in [0.15, 0.2) is 18.2 Å². The average molecular weight is 307 g/mol. The van der Waals surface area contributed by atoms with Gasteiger partial charge in [0.2, 0.25) is 0 Å². The fourth-order valence-electron chi connectivity index (χ4n) is 1.76. The number of rotatable bonds is 7. The molecule has 0 fully saturated rings. The predicted octanol–water partition coefficient (Wildman–Crippen LogP) is 2.55. The van der Waals surface area contributed by atoms with Gasteiger partial charge in [0.15, 0.2) is 0 Å². The Hall–Kier alpha value is -2.62. The third-order valence-electron chi connectivity index (χ3n) is 2.92. The van der Waals surface area contributed by atoms with E-state index in [9.17, 15) is 14.0 Å². The van der Waals surface area contributed by atoms with Gasteiger partial charge in [0.1, 0.15) is 11.9 Å². The molecule has 0 saturated heterocycles. The minimum Gasteiger partial charge on any atom is -0.469 e. The molecule has 0 atom stereocenters. The van der Waals surface area contributed by atoms with E-state index in [0.717, 1.165) is 18.9 Å². The van der Waals surface area contributed by atoms with Crippen molar-refractivity contribution in [2.75, 3.05) is 19.0 Å². The summed E-state index contributed by atoms with van der Waals surface area (Å²) in [6.07, 6.45) is 2.57. The van der Waals surface area contributed by atoms with Crippen LogP contribution in [0, 0.1) is 17.1 Å². The molecule has 0 aromatic heterocycles. The topological polar surface area (TPSA) is 91.2 Å². The second kappa shape index (κ2) is 9.34. The first kappa shape index (κ1) is 17.4. The van der Waals surface area contributed by atoms with Gasteiger partial charge in [0.05, 0.1) is 18.4 Å². The molecule has 0 radical (unpaired) electrons. The van der Waals surface area contributed by atoms with Gasteiger partial charge in [-0.1, -0.05) is 6.42 Å². The Morgan fingerprint density at radius 2 is 2.09 bits per heavy atom. The molecule has 1 rings (SSSR count). The molecule has 0 aliphatic carbocycles. The number of nitrogens with zero attached hydrogens (tertiary/aromatic N) is 1. The number of methoxy groups -OCH3 is 1. The summed E-state index contributed by atoms with van der Waals surface area (Å²) in [5.74, 6) is -0.779. The van der Waals surface area contributed by atoms with Crippen LogP contribution in [0.5, 0.6) is 0 Å². The highest BCUT2D eigenvalue weighted by molar-refractivity contribution is 5.90. The summed E-state index contributed by atoms with van der Waals surface area (Å²) >= 11 is 0. The number of unbranched alkanes of at least 4 members (excludes halogenated alkanes) is 2.